The molecule has 0 fully saturated rings. The number of hydrogen-bond donors (Lipinski definition) is 1. The van der Waals surface area contributed by atoms with E-state index in [0.717, 1.165) is 13.1 Å². The highest BCUT2D eigenvalue weighted by Gasteiger charge is 2.02. The van der Waals surface area contributed by atoms with Crippen LogP contribution in [0.15, 0.2) is 17.3 Å². The molecular formula is C5H8N4. The third kappa shape index (κ3) is 1.76. The Kier molecular flexibility index (Phi) is 2.13. The van der Waals surface area contributed by atoms with Gasteiger partial charge < -0.3 is 5.32 Å². The summed E-state index contributed by atoms with van der Waals surface area (Å²) in [5.74, 6) is 0. The zero-order valence-corrected chi connectivity index (χ0v) is 4.99. The summed E-state index contributed by atoms with van der Waals surface area (Å²) in [6.45, 7) is 1.65. The second kappa shape index (κ2) is 3.12. The smallest absolute Gasteiger partial charge is 0.0680 e. The summed E-state index contributed by atoms with van der Waals surface area (Å²) in [7, 11) is 0. The lowest BCUT2D eigenvalue weighted by atomic mass is 10.2. The molecule has 0 aliphatic carbocycles. The van der Waals surface area contributed by atoms with Gasteiger partial charge in [-0.15, -0.1) is 0 Å². The van der Waals surface area contributed by atoms with Crippen LogP contribution in [-0.4, -0.2) is 19.1 Å². The lowest BCUT2D eigenvalue weighted by Gasteiger charge is -2.10. The van der Waals surface area contributed by atoms with Crippen LogP contribution in [0.4, 0.5) is 0 Å². The SMILES string of the molecule is [N-]=[N+]=NC1C=CCNC1. The Bertz CT molecular complexity index is 156. The van der Waals surface area contributed by atoms with Gasteiger partial charge >= 0.3 is 0 Å². The highest BCUT2D eigenvalue weighted by molar-refractivity contribution is 4.99. The topological polar surface area (TPSA) is 60.8 Å². The molecule has 0 radical (unpaired) electrons. The second-order valence-electron chi connectivity index (χ2n) is 1.86. The van der Waals surface area contributed by atoms with Crippen molar-refractivity contribution in [2.24, 2.45) is 5.11 Å². The minimum absolute atomic E-state index is 0.0174. The summed E-state index contributed by atoms with van der Waals surface area (Å²) in [6.07, 6.45) is 3.87. The molecule has 1 aliphatic heterocycles. The maximum atomic E-state index is 8.02. The second-order valence-corrected chi connectivity index (χ2v) is 1.86. The predicted molar refractivity (Wildman–Crippen MR) is 34.9 cm³/mol. The van der Waals surface area contributed by atoms with Gasteiger partial charge in [0.2, 0.25) is 0 Å². The first-order chi connectivity index (χ1) is 4.43. The van der Waals surface area contributed by atoms with E-state index in [1.807, 2.05) is 12.2 Å². The molecule has 0 bridgehead atoms. The average molecular weight is 124 g/mol. The summed E-state index contributed by atoms with van der Waals surface area (Å²) in [4.78, 5) is 2.69. The van der Waals surface area contributed by atoms with Gasteiger partial charge in [0.25, 0.3) is 0 Å². The molecule has 0 aromatic rings. The van der Waals surface area contributed by atoms with Crippen molar-refractivity contribution in [2.75, 3.05) is 13.1 Å². The number of hydrogen-bond acceptors (Lipinski definition) is 2. The first-order valence-electron chi connectivity index (χ1n) is 2.85. The summed E-state index contributed by atoms with van der Waals surface area (Å²) >= 11 is 0. The van der Waals surface area contributed by atoms with Crippen molar-refractivity contribution in [3.05, 3.63) is 22.6 Å². The molecule has 0 saturated carbocycles. The van der Waals surface area contributed by atoms with Gasteiger partial charge in [0.1, 0.15) is 0 Å². The van der Waals surface area contributed by atoms with Crippen LogP contribution in [0.2, 0.25) is 0 Å². The van der Waals surface area contributed by atoms with Crippen molar-refractivity contribution in [1.29, 1.82) is 0 Å². The molecule has 1 heterocycles. The number of nitrogens with one attached hydrogen (secondary N) is 1. The molecule has 1 rings (SSSR count). The van der Waals surface area contributed by atoms with Crippen LogP contribution in [0.5, 0.6) is 0 Å². The normalized spacial score (nSPS) is 25.1. The first kappa shape index (κ1) is 6.13. The van der Waals surface area contributed by atoms with E-state index in [1.165, 1.54) is 0 Å². The fraction of sp³-hybridized carbons (Fsp3) is 0.600. The van der Waals surface area contributed by atoms with E-state index in [2.05, 4.69) is 15.3 Å². The molecule has 1 N–H and O–H groups in total. The van der Waals surface area contributed by atoms with Gasteiger partial charge in [-0.25, -0.2) is 0 Å². The molecule has 1 unspecified atom stereocenters. The van der Waals surface area contributed by atoms with E-state index in [9.17, 15) is 0 Å². The monoisotopic (exact) mass is 124 g/mol. The molecule has 48 valence electrons. The maximum absolute atomic E-state index is 8.02. The molecule has 0 spiro atoms. The molecule has 9 heavy (non-hydrogen) atoms. The van der Waals surface area contributed by atoms with Crippen molar-refractivity contribution in [3.63, 3.8) is 0 Å². The van der Waals surface area contributed by atoms with Crippen molar-refractivity contribution in [3.8, 4) is 0 Å². The van der Waals surface area contributed by atoms with Crippen LogP contribution in [0.1, 0.15) is 0 Å². The summed E-state index contributed by atoms with van der Waals surface area (Å²) in [5.41, 5.74) is 8.02. The quantitative estimate of drug-likeness (QED) is 0.239. The van der Waals surface area contributed by atoms with Gasteiger partial charge in [-0.2, -0.15) is 0 Å². The Balaban J connectivity index is 2.49. The van der Waals surface area contributed by atoms with Crippen molar-refractivity contribution in [1.82, 2.24) is 5.32 Å². The van der Waals surface area contributed by atoms with Crippen molar-refractivity contribution < 1.29 is 0 Å². The third-order valence-electron chi connectivity index (χ3n) is 1.17. The van der Waals surface area contributed by atoms with E-state index in [4.69, 9.17) is 5.53 Å². The first-order valence-corrected chi connectivity index (χ1v) is 2.85. The molecule has 0 amide bonds. The highest BCUT2D eigenvalue weighted by atomic mass is 15.2. The van der Waals surface area contributed by atoms with E-state index >= 15 is 0 Å². The minimum Gasteiger partial charge on any atom is -0.313 e. The number of nitrogens with zero attached hydrogens (tertiary/aromatic N) is 3. The molecule has 4 nitrogen and oxygen atoms in total. The minimum atomic E-state index is 0.0174. The van der Waals surface area contributed by atoms with Crippen LogP contribution in [0.3, 0.4) is 0 Å². The largest absolute Gasteiger partial charge is 0.313 e. The molecule has 1 atom stereocenters. The van der Waals surface area contributed by atoms with E-state index in [1.54, 1.807) is 0 Å². The lowest BCUT2D eigenvalue weighted by Crippen LogP contribution is -2.27. The Labute approximate surface area is 53.2 Å². The highest BCUT2D eigenvalue weighted by Crippen LogP contribution is 1.95. The van der Waals surface area contributed by atoms with Gasteiger partial charge in [-0.3, -0.25) is 0 Å². The average Bonchev–Trinajstić information content (AvgIpc) is 1.91. The summed E-state index contributed by atoms with van der Waals surface area (Å²) in [6, 6.07) is 0.0174. The molecule has 0 aromatic carbocycles. The molecule has 0 aromatic heterocycles. The molecule has 0 saturated heterocycles. The predicted octanol–water partition coefficient (Wildman–Crippen LogP) is 0.825. The number of azide groups is 1. The zero-order chi connectivity index (χ0) is 6.53. The Morgan fingerprint density at radius 1 is 1.78 bits per heavy atom. The van der Waals surface area contributed by atoms with Crippen molar-refractivity contribution >= 4 is 0 Å². The summed E-state index contributed by atoms with van der Waals surface area (Å²) < 4.78 is 0. The Morgan fingerprint density at radius 2 is 2.67 bits per heavy atom. The van der Waals surface area contributed by atoms with Gasteiger partial charge in [0.05, 0.1) is 6.04 Å². The van der Waals surface area contributed by atoms with Crippen LogP contribution < -0.4 is 5.32 Å². The van der Waals surface area contributed by atoms with E-state index in [-0.39, 0.29) is 6.04 Å². The standard InChI is InChI=1S/C5H8N4/c6-9-8-5-2-1-3-7-4-5/h1-2,5,7H,3-4H2. The maximum Gasteiger partial charge on any atom is 0.0680 e. The molecular weight excluding hydrogens is 116 g/mol. The Hall–Kier alpha value is -0.990. The van der Waals surface area contributed by atoms with Gasteiger partial charge in [0.15, 0.2) is 0 Å². The fourth-order valence-electron chi connectivity index (χ4n) is 0.753. The molecule has 4 heteroatoms. The van der Waals surface area contributed by atoms with Crippen LogP contribution in [0.25, 0.3) is 10.4 Å². The van der Waals surface area contributed by atoms with Crippen LogP contribution in [0, 0.1) is 0 Å². The van der Waals surface area contributed by atoms with Crippen LogP contribution in [-0.2, 0) is 0 Å². The van der Waals surface area contributed by atoms with E-state index in [0.29, 0.717) is 0 Å². The van der Waals surface area contributed by atoms with E-state index < -0.39 is 0 Å². The Morgan fingerprint density at radius 3 is 3.22 bits per heavy atom. The van der Waals surface area contributed by atoms with Gasteiger partial charge in [-0.1, -0.05) is 17.3 Å². The van der Waals surface area contributed by atoms with Crippen LogP contribution >= 0.6 is 0 Å². The lowest BCUT2D eigenvalue weighted by molar-refractivity contribution is 0.651. The third-order valence-corrected chi connectivity index (χ3v) is 1.17. The van der Waals surface area contributed by atoms with Gasteiger partial charge in [-0.05, 0) is 5.53 Å². The number of rotatable bonds is 1. The fourth-order valence-corrected chi connectivity index (χ4v) is 0.753. The van der Waals surface area contributed by atoms with Crippen molar-refractivity contribution in [2.45, 2.75) is 6.04 Å². The van der Waals surface area contributed by atoms with Gasteiger partial charge in [0, 0.05) is 18.0 Å². The zero-order valence-electron chi connectivity index (χ0n) is 4.99. The molecule has 1 aliphatic rings. The summed E-state index contributed by atoms with van der Waals surface area (Å²) in [5, 5.41) is 6.58.